The quantitative estimate of drug-likeness (QED) is 0.495. The molecule has 0 heterocycles. The Bertz CT molecular complexity index is 1120. The summed E-state index contributed by atoms with van der Waals surface area (Å²) >= 11 is 12.2. The minimum atomic E-state index is -3.82. The maximum Gasteiger partial charge on any atom is 0.244 e. The number of rotatable bonds is 10. The summed E-state index contributed by atoms with van der Waals surface area (Å²) in [6, 6.07) is 10.9. The van der Waals surface area contributed by atoms with Gasteiger partial charge in [0.1, 0.15) is 12.6 Å². The molecule has 10 heteroatoms. The average molecular weight is 529 g/mol. The van der Waals surface area contributed by atoms with Crippen molar-refractivity contribution in [3.8, 4) is 0 Å². The predicted octanol–water partition coefficient (Wildman–Crippen LogP) is 4.40. The van der Waals surface area contributed by atoms with Gasteiger partial charge >= 0.3 is 0 Å². The molecular formula is C24H31Cl2N3O4S. The van der Waals surface area contributed by atoms with Crippen molar-refractivity contribution in [3.05, 3.63) is 63.6 Å². The number of hydrogen-bond acceptors (Lipinski definition) is 4. The van der Waals surface area contributed by atoms with E-state index in [1.165, 1.54) is 4.90 Å². The van der Waals surface area contributed by atoms with Gasteiger partial charge in [0.05, 0.1) is 11.9 Å². The van der Waals surface area contributed by atoms with E-state index in [2.05, 4.69) is 5.32 Å². The molecule has 0 fully saturated rings. The molecular weight excluding hydrogens is 497 g/mol. The second kappa shape index (κ2) is 11.9. The SMILES string of the molecule is CCC(C)NC(=O)C(C)N(Cc1ccc(Cl)cc1)C(=O)CN(c1cccc(Cl)c1C)S(C)(=O)=O. The fourth-order valence-corrected chi connectivity index (χ4v) is 4.49. The largest absolute Gasteiger partial charge is 0.352 e. The summed E-state index contributed by atoms with van der Waals surface area (Å²) in [5, 5.41) is 3.82. The first-order chi connectivity index (χ1) is 15.8. The van der Waals surface area contributed by atoms with Crippen LogP contribution in [-0.4, -0.2) is 50.0 Å². The highest BCUT2D eigenvalue weighted by Gasteiger charge is 2.31. The number of nitrogens with one attached hydrogen (secondary N) is 1. The van der Waals surface area contributed by atoms with Crippen molar-refractivity contribution in [2.45, 2.75) is 52.7 Å². The number of sulfonamides is 1. The second-order valence-corrected chi connectivity index (χ2v) is 11.0. The maximum absolute atomic E-state index is 13.5. The average Bonchev–Trinajstić information content (AvgIpc) is 2.77. The van der Waals surface area contributed by atoms with E-state index in [-0.39, 0.29) is 18.5 Å². The van der Waals surface area contributed by atoms with Crippen LogP contribution in [0.15, 0.2) is 42.5 Å². The Kier molecular flexibility index (Phi) is 9.79. The standard InChI is InChI=1S/C24H31Cl2N3O4S/c1-6-16(2)27-24(31)18(4)28(14-19-10-12-20(25)13-11-19)23(30)15-29(34(5,32)33)22-9-7-8-21(26)17(22)3/h7-13,16,18H,6,14-15H2,1-5H3,(H,27,31). The molecule has 7 nitrogen and oxygen atoms in total. The molecule has 0 aromatic heterocycles. The molecule has 0 aliphatic carbocycles. The molecule has 0 radical (unpaired) electrons. The van der Waals surface area contributed by atoms with Crippen molar-refractivity contribution >= 4 is 50.7 Å². The van der Waals surface area contributed by atoms with E-state index in [1.807, 2.05) is 13.8 Å². The number of nitrogens with zero attached hydrogens (tertiary/aromatic N) is 2. The Morgan fingerprint density at radius 2 is 1.68 bits per heavy atom. The third kappa shape index (κ3) is 7.35. The number of carbonyl (C=O) groups is 2. The van der Waals surface area contributed by atoms with Gasteiger partial charge in [0.2, 0.25) is 21.8 Å². The lowest BCUT2D eigenvalue weighted by molar-refractivity contribution is -0.139. The summed E-state index contributed by atoms with van der Waals surface area (Å²) in [6.07, 6.45) is 1.77. The summed E-state index contributed by atoms with van der Waals surface area (Å²) in [4.78, 5) is 27.8. The van der Waals surface area contributed by atoms with Crippen LogP contribution < -0.4 is 9.62 Å². The van der Waals surface area contributed by atoms with Gasteiger partial charge < -0.3 is 10.2 Å². The maximum atomic E-state index is 13.5. The molecule has 2 rings (SSSR count). The van der Waals surface area contributed by atoms with Crippen LogP contribution in [0, 0.1) is 6.92 Å². The molecule has 2 aromatic rings. The number of amides is 2. The van der Waals surface area contributed by atoms with Crippen LogP contribution in [0.4, 0.5) is 5.69 Å². The number of carbonyl (C=O) groups excluding carboxylic acids is 2. The minimum Gasteiger partial charge on any atom is -0.352 e. The fourth-order valence-electron chi connectivity index (χ4n) is 3.30. The lowest BCUT2D eigenvalue weighted by Gasteiger charge is -2.32. The summed E-state index contributed by atoms with van der Waals surface area (Å²) in [7, 11) is -3.82. The van der Waals surface area contributed by atoms with Gasteiger partial charge in [0.15, 0.2) is 0 Å². The molecule has 34 heavy (non-hydrogen) atoms. The van der Waals surface area contributed by atoms with Crippen LogP contribution in [0.5, 0.6) is 0 Å². The first-order valence-electron chi connectivity index (χ1n) is 10.9. The van der Waals surface area contributed by atoms with E-state index in [0.717, 1.165) is 22.5 Å². The monoisotopic (exact) mass is 527 g/mol. The Labute approximate surface area is 212 Å². The Hall–Kier alpha value is -2.29. The first-order valence-corrected chi connectivity index (χ1v) is 13.5. The number of halogens is 2. The van der Waals surface area contributed by atoms with E-state index < -0.39 is 28.5 Å². The van der Waals surface area contributed by atoms with Crippen molar-refractivity contribution in [3.63, 3.8) is 0 Å². The van der Waals surface area contributed by atoms with Gasteiger partial charge in [-0.25, -0.2) is 8.42 Å². The van der Waals surface area contributed by atoms with Crippen LogP contribution in [0.1, 0.15) is 38.3 Å². The number of anilines is 1. The van der Waals surface area contributed by atoms with Gasteiger partial charge in [-0.1, -0.05) is 48.3 Å². The van der Waals surface area contributed by atoms with Gasteiger partial charge in [-0.3, -0.25) is 13.9 Å². The molecule has 0 saturated carbocycles. The molecule has 0 spiro atoms. The molecule has 2 aromatic carbocycles. The van der Waals surface area contributed by atoms with Crippen molar-refractivity contribution in [1.82, 2.24) is 10.2 Å². The smallest absolute Gasteiger partial charge is 0.244 e. The highest BCUT2D eigenvalue weighted by Crippen LogP contribution is 2.28. The molecule has 0 saturated heterocycles. The molecule has 0 aliphatic rings. The minimum absolute atomic E-state index is 0.0657. The van der Waals surface area contributed by atoms with Gasteiger partial charge in [0.25, 0.3) is 0 Å². The Morgan fingerprint density at radius 3 is 2.24 bits per heavy atom. The molecule has 0 bridgehead atoms. The molecule has 0 aliphatic heterocycles. The van der Waals surface area contributed by atoms with E-state index in [1.54, 1.807) is 56.3 Å². The van der Waals surface area contributed by atoms with Crippen molar-refractivity contribution in [2.75, 3.05) is 17.1 Å². The van der Waals surface area contributed by atoms with E-state index in [9.17, 15) is 18.0 Å². The van der Waals surface area contributed by atoms with Crippen LogP contribution in [0.3, 0.4) is 0 Å². The second-order valence-electron chi connectivity index (χ2n) is 8.30. The van der Waals surface area contributed by atoms with Crippen LogP contribution in [0.25, 0.3) is 0 Å². The number of benzene rings is 2. The van der Waals surface area contributed by atoms with Crippen molar-refractivity contribution in [2.24, 2.45) is 0 Å². The highest BCUT2D eigenvalue weighted by molar-refractivity contribution is 7.92. The summed E-state index contributed by atoms with van der Waals surface area (Å²) in [6.45, 7) is 6.77. The zero-order chi connectivity index (χ0) is 25.6. The highest BCUT2D eigenvalue weighted by atomic mass is 35.5. The zero-order valence-electron chi connectivity index (χ0n) is 20.0. The van der Waals surface area contributed by atoms with Crippen LogP contribution in [0.2, 0.25) is 10.0 Å². The topological polar surface area (TPSA) is 86.8 Å². The summed E-state index contributed by atoms with van der Waals surface area (Å²) in [5.74, 6) is -0.840. The lowest BCUT2D eigenvalue weighted by atomic mass is 10.1. The third-order valence-electron chi connectivity index (χ3n) is 5.62. The van der Waals surface area contributed by atoms with E-state index >= 15 is 0 Å². The molecule has 2 atom stereocenters. The van der Waals surface area contributed by atoms with Gasteiger partial charge in [0, 0.05) is 22.6 Å². The van der Waals surface area contributed by atoms with Gasteiger partial charge in [-0.2, -0.15) is 0 Å². The Balaban J connectivity index is 2.42. The predicted molar refractivity (Wildman–Crippen MR) is 138 cm³/mol. The number of hydrogen-bond donors (Lipinski definition) is 1. The Morgan fingerprint density at radius 1 is 1.06 bits per heavy atom. The van der Waals surface area contributed by atoms with Crippen molar-refractivity contribution in [1.29, 1.82) is 0 Å². The van der Waals surface area contributed by atoms with Gasteiger partial charge in [-0.05, 0) is 62.6 Å². The normalized spacial score (nSPS) is 13.1. The summed E-state index contributed by atoms with van der Waals surface area (Å²) < 4.78 is 26.3. The van der Waals surface area contributed by atoms with Crippen LogP contribution >= 0.6 is 23.2 Å². The molecule has 2 unspecified atom stereocenters. The summed E-state index contributed by atoms with van der Waals surface area (Å²) in [5.41, 5.74) is 1.60. The molecule has 1 N–H and O–H groups in total. The van der Waals surface area contributed by atoms with Crippen LogP contribution in [-0.2, 0) is 26.2 Å². The van der Waals surface area contributed by atoms with E-state index in [0.29, 0.717) is 21.3 Å². The molecule has 186 valence electrons. The first kappa shape index (κ1) is 28.0. The van der Waals surface area contributed by atoms with Crippen molar-refractivity contribution < 1.29 is 18.0 Å². The third-order valence-corrected chi connectivity index (χ3v) is 7.41. The van der Waals surface area contributed by atoms with E-state index in [4.69, 9.17) is 23.2 Å². The van der Waals surface area contributed by atoms with Gasteiger partial charge in [-0.15, -0.1) is 0 Å². The molecule has 2 amide bonds. The fraction of sp³-hybridized carbons (Fsp3) is 0.417. The lowest BCUT2D eigenvalue weighted by Crippen LogP contribution is -2.52. The zero-order valence-corrected chi connectivity index (χ0v) is 22.3.